The number of halogens is 1. The average Bonchev–Trinajstić information content (AvgIpc) is 3.28. The van der Waals surface area contributed by atoms with E-state index in [1.54, 1.807) is 6.07 Å². The van der Waals surface area contributed by atoms with Gasteiger partial charge in [-0.3, -0.25) is 0 Å². The molecule has 0 bridgehead atoms. The molecule has 0 aliphatic heterocycles. The average molecular weight is 369 g/mol. The van der Waals surface area contributed by atoms with Gasteiger partial charge < -0.3 is 15.1 Å². The molecular weight excluding hydrogens is 351 g/mol. The maximum atomic E-state index is 13.2. The van der Waals surface area contributed by atoms with Crippen LogP contribution in [0.2, 0.25) is 0 Å². The number of H-pyrrole nitrogens is 1. The van der Waals surface area contributed by atoms with E-state index in [2.05, 4.69) is 27.0 Å². The van der Waals surface area contributed by atoms with Crippen LogP contribution in [-0.2, 0) is 12.2 Å². The highest BCUT2D eigenvalue weighted by atomic mass is 32.2. The molecular formula is C19H18FN4OS+. The van der Waals surface area contributed by atoms with Gasteiger partial charge >= 0.3 is 0 Å². The molecule has 0 radical (unpaired) electrons. The van der Waals surface area contributed by atoms with Crippen LogP contribution in [0.1, 0.15) is 23.1 Å². The first kappa shape index (κ1) is 16.8. The molecule has 0 amide bonds. The van der Waals surface area contributed by atoms with E-state index >= 15 is 0 Å². The Labute approximate surface area is 153 Å². The predicted molar refractivity (Wildman–Crippen MR) is 97.9 cm³/mol. The largest absolute Gasteiger partial charge is 0.410 e. The summed E-state index contributed by atoms with van der Waals surface area (Å²) in [6, 6.07) is 14.5. The quantitative estimate of drug-likeness (QED) is 0.510. The van der Waals surface area contributed by atoms with Crippen molar-refractivity contribution in [3.05, 3.63) is 77.6 Å². The van der Waals surface area contributed by atoms with Gasteiger partial charge in [0.1, 0.15) is 5.82 Å². The minimum atomic E-state index is -0.245. The molecule has 0 saturated heterocycles. The molecule has 0 unspecified atom stereocenters. The maximum Gasteiger partial charge on any atom is 0.277 e. The van der Waals surface area contributed by atoms with Crippen LogP contribution in [0, 0.1) is 5.82 Å². The Morgan fingerprint density at radius 3 is 2.92 bits per heavy atom. The fourth-order valence-corrected chi connectivity index (χ4v) is 3.58. The summed E-state index contributed by atoms with van der Waals surface area (Å²) >= 11 is 1.39. The molecule has 5 nitrogen and oxygen atoms in total. The van der Waals surface area contributed by atoms with E-state index in [4.69, 9.17) is 4.42 Å². The molecule has 4 N–H and O–H groups in total. The lowest BCUT2D eigenvalue weighted by Crippen LogP contribution is -2.54. The van der Waals surface area contributed by atoms with Gasteiger partial charge in [0.15, 0.2) is 6.04 Å². The summed E-state index contributed by atoms with van der Waals surface area (Å²) in [5.74, 6) is 0.840. The third-order valence-corrected chi connectivity index (χ3v) is 5.05. The second-order valence-corrected chi connectivity index (χ2v) is 7.01. The lowest BCUT2D eigenvalue weighted by Gasteiger charge is -2.03. The Balaban J connectivity index is 1.42. The first-order valence-electron chi connectivity index (χ1n) is 8.28. The molecule has 132 valence electrons. The highest BCUT2D eigenvalue weighted by molar-refractivity contribution is 7.98. The van der Waals surface area contributed by atoms with Crippen molar-refractivity contribution in [1.82, 2.24) is 15.2 Å². The van der Waals surface area contributed by atoms with E-state index in [9.17, 15) is 4.39 Å². The Morgan fingerprint density at radius 1 is 1.15 bits per heavy atom. The molecule has 0 fully saturated rings. The van der Waals surface area contributed by atoms with Crippen LogP contribution in [0.3, 0.4) is 0 Å². The van der Waals surface area contributed by atoms with Crippen molar-refractivity contribution in [3.8, 4) is 0 Å². The molecule has 4 aromatic rings. The van der Waals surface area contributed by atoms with Crippen molar-refractivity contribution in [3.63, 3.8) is 0 Å². The molecule has 4 rings (SSSR count). The van der Waals surface area contributed by atoms with E-state index in [0.29, 0.717) is 23.3 Å². The maximum absolute atomic E-state index is 13.2. The number of fused-ring (bicyclic) bond motifs is 1. The number of benzene rings is 2. The first-order valence-corrected chi connectivity index (χ1v) is 9.26. The Hall–Kier alpha value is -2.64. The number of nitrogens with zero attached hydrogens (tertiary/aromatic N) is 2. The number of thioether (sulfide) groups is 1. The number of quaternary nitrogens is 1. The number of hydrogen-bond donors (Lipinski definition) is 2. The third-order valence-electron chi connectivity index (χ3n) is 4.16. The van der Waals surface area contributed by atoms with Crippen LogP contribution in [0.4, 0.5) is 4.39 Å². The highest BCUT2D eigenvalue weighted by Crippen LogP contribution is 2.25. The van der Waals surface area contributed by atoms with E-state index < -0.39 is 0 Å². The van der Waals surface area contributed by atoms with Gasteiger partial charge in [-0.2, -0.15) is 0 Å². The van der Waals surface area contributed by atoms with Gasteiger partial charge in [0, 0.05) is 29.3 Å². The zero-order valence-corrected chi connectivity index (χ0v) is 14.8. The van der Waals surface area contributed by atoms with Gasteiger partial charge in [0.2, 0.25) is 0 Å². The summed E-state index contributed by atoms with van der Waals surface area (Å²) < 4.78 is 19.0. The highest BCUT2D eigenvalue weighted by Gasteiger charge is 2.20. The molecule has 7 heteroatoms. The van der Waals surface area contributed by atoms with E-state index in [0.717, 1.165) is 11.1 Å². The standard InChI is InChI=1S/C19H17FN4OS/c20-14-5-3-4-12(8-14)11-26-19-24-23-18(25-19)16(21)9-13-10-22-17-7-2-1-6-15(13)17/h1-8,10,16,22H,9,11,21H2/p+1/t16-/m0/s1. The number of aromatic nitrogens is 3. The monoisotopic (exact) mass is 369 g/mol. The second kappa shape index (κ2) is 7.31. The molecule has 2 aromatic heterocycles. The van der Waals surface area contributed by atoms with Crippen LogP contribution in [0.15, 0.2) is 64.4 Å². The van der Waals surface area contributed by atoms with E-state index in [1.807, 2.05) is 30.5 Å². The summed E-state index contributed by atoms with van der Waals surface area (Å²) in [6.45, 7) is 0. The molecule has 26 heavy (non-hydrogen) atoms. The second-order valence-electron chi connectivity index (χ2n) is 6.09. The lowest BCUT2D eigenvalue weighted by atomic mass is 10.1. The van der Waals surface area contributed by atoms with Crippen molar-refractivity contribution in [1.29, 1.82) is 0 Å². The number of aromatic amines is 1. The Kier molecular flexibility index (Phi) is 4.73. The van der Waals surface area contributed by atoms with Crippen molar-refractivity contribution in [2.45, 2.75) is 23.4 Å². The zero-order chi connectivity index (χ0) is 17.9. The van der Waals surface area contributed by atoms with Gasteiger partial charge in [0.05, 0.1) is 0 Å². The van der Waals surface area contributed by atoms with Crippen molar-refractivity contribution < 1.29 is 14.5 Å². The SMILES string of the molecule is [NH3+][C@@H](Cc1c[nH]c2ccccc12)c1nnc(SCc2cccc(F)c2)o1. The number of nitrogens with one attached hydrogen (secondary N) is 1. The first-order chi connectivity index (χ1) is 12.7. The molecule has 2 heterocycles. The van der Waals surface area contributed by atoms with Crippen LogP contribution in [0.25, 0.3) is 10.9 Å². The third kappa shape index (κ3) is 3.63. The summed E-state index contributed by atoms with van der Waals surface area (Å²) in [5.41, 5.74) is 7.32. The predicted octanol–water partition coefficient (Wildman–Crippen LogP) is 3.51. The van der Waals surface area contributed by atoms with Gasteiger partial charge in [-0.1, -0.05) is 42.1 Å². The van der Waals surface area contributed by atoms with Gasteiger partial charge in [-0.15, -0.1) is 10.2 Å². The molecule has 0 aliphatic rings. The minimum Gasteiger partial charge on any atom is -0.410 e. The number of rotatable bonds is 6. The summed E-state index contributed by atoms with van der Waals surface area (Å²) in [6.07, 6.45) is 2.71. The normalized spacial score (nSPS) is 12.5. The fraction of sp³-hybridized carbons (Fsp3) is 0.158. The number of para-hydroxylation sites is 1. The molecule has 0 aliphatic carbocycles. The molecule has 0 spiro atoms. The molecule has 0 saturated carbocycles. The fourth-order valence-electron chi connectivity index (χ4n) is 2.87. The Morgan fingerprint density at radius 2 is 2.04 bits per heavy atom. The summed E-state index contributed by atoms with van der Waals surface area (Å²) in [4.78, 5) is 3.26. The topological polar surface area (TPSA) is 82.4 Å². The van der Waals surface area contributed by atoms with Crippen LogP contribution >= 0.6 is 11.8 Å². The summed E-state index contributed by atoms with van der Waals surface area (Å²) in [5, 5.41) is 9.84. The smallest absolute Gasteiger partial charge is 0.277 e. The van der Waals surface area contributed by atoms with Gasteiger partial charge in [0.25, 0.3) is 11.1 Å². The van der Waals surface area contributed by atoms with E-state index in [-0.39, 0.29) is 11.9 Å². The van der Waals surface area contributed by atoms with Crippen LogP contribution in [-0.4, -0.2) is 15.2 Å². The minimum absolute atomic E-state index is 0.134. The van der Waals surface area contributed by atoms with Crippen molar-refractivity contribution >= 4 is 22.7 Å². The van der Waals surface area contributed by atoms with Gasteiger partial charge in [-0.05, 0) is 29.3 Å². The van der Waals surface area contributed by atoms with Crippen LogP contribution in [0.5, 0.6) is 0 Å². The lowest BCUT2D eigenvalue weighted by molar-refractivity contribution is -0.431. The van der Waals surface area contributed by atoms with E-state index in [1.165, 1.54) is 34.8 Å². The zero-order valence-electron chi connectivity index (χ0n) is 14.0. The van der Waals surface area contributed by atoms with Gasteiger partial charge in [-0.25, -0.2) is 4.39 Å². The number of hydrogen-bond acceptors (Lipinski definition) is 4. The summed E-state index contributed by atoms with van der Waals surface area (Å²) in [7, 11) is 0. The Bertz CT molecular complexity index is 1030. The van der Waals surface area contributed by atoms with Crippen molar-refractivity contribution in [2.75, 3.05) is 0 Å². The molecule has 1 atom stereocenters. The van der Waals surface area contributed by atoms with Crippen LogP contribution < -0.4 is 5.73 Å². The molecule has 2 aromatic carbocycles. The van der Waals surface area contributed by atoms with Crippen molar-refractivity contribution in [2.24, 2.45) is 0 Å².